The van der Waals surface area contributed by atoms with E-state index >= 15 is 0 Å². The van der Waals surface area contributed by atoms with Crippen molar-refractivity contribution in [2.75, 3.05) is 6.54 Å². The minimum Gasteiger partial charge on any atom is -0.508 e. The van der Waals surface area contributed by atoms with Crippen LogP contribution in [0.5, 0.6) is 5.75 Å². The van der Waals surface area contributed by atoms with E-state index in [1.54, 1.807) is 25.1 Å². The molecule has 1 N–H and O–H groups in total. The van der Waals surface area contributed by atoms with Gasteiger partial charge in [-0.2, -0.15) is 0 Å². The molecule has 0 bridgehead atoms. The fourth-order valence-electron chi connectivity index (χ4n) is 2.24. The number of aromatic hydroxyl groups is 1. The van der Waals surface area contributed by atoms with E-state index in [2.05, 4.69) is 6.92 Å². The number of benzene rings is 1. The van der Waals surface area contributed by atoms with Gasteiger partial charge in [0.05, 0.1) is 0 Å². The lowest BCUT2D eigenvalue weighted by molar-refractivity contribution is 0.0746. The molecule has 1 amide bonds. The summed E-state index contributed by atoms with van der Waals surface area (Å²) in [5, 5.41) is 9.59. The first-order valence-electron chi connectivity index (χ1n) is 5.71. The number of carbonyl (C=O) groups excluding carboxylic acids is 1. The van der Waals surface area contributed by atoms with Crippen molar-refractivity contribution in [1.82, 2.24) is 4.90 Å². The highest BCUT2D eigenvalue weighted by atomic mass is 16.3. The van der Waals surface area contributed by atoms with E-state index < -0.39 is 0 Å². The zero-order valence-corrected chi connectivity index (χ0v) is 9.73. The second kappa shape index (κ2) is 4.16. The Labute approximate surface area is 95.7 Å². The molecule has 1 aromatic rings. The molecule has 86 valence electrons. The van der Waals surface area contributed by atoms with Crippen LogP contribution in [0.15, 0.2) is 18.2 Å². The molecule has 1 fully saturated rings. The average molecular weight is 219 g/mol. The van der Waals surface area contributed by atoms with Gasteiger partial charge in [-0.15, -0.1) is 0 Å². The van der Waals surface area contributed by atoms with E-state index in [0.717, 1.165) is 19.4 Å². The molecule has 0 aromatic heterocycles. The molecule has 3 heteroatoms. The topological polar surface area (TPSA) is 40.5 Å². The molecule has 0 aliphatic carbocycles. The molecule has 0 radical (unpaired) electrons. The van der Waals surface area contributed by atoms with E-state index in [1.165, 1.54) is 0 Å². The highest BCUT2D eigenvalue weighted by molar-refractivity contribution is 5.96. The Morgan fingerprint density at radius 3 is 2.88 bits per heavy atom. The number of hydrogen-bond acceptors (Lipinski definition) is 2. The van der Waals surface area contributed by atoms with Crippen LogP contribution < -0.4 is 0 Å². The summed E-state index contributed by atoms with van der Waals surface area (Å²) < 4.78 is 0. The molecule has 0 spiro atoms. The molecule has 1 aromatic carbocycles. The van der Waals surface area contributed by atoms with Crippen LogP contribution in [0.2, 0.25) is 0 Å². The van der Waals surface area contributed by atoms with Crippen molar-refractivity contribution >= 4 is 5.91 Å². The van der Waals surface area contributed by atoms with E-state index in [9.17, 15) is 9.90 Å². The van der Waals surface area contributed by atoms with Gasteiger partial charge in [-0.3, -0.25) is 4.79 Å². The fraction of sp³-hybridized carbons (Fsp3) is 0.462. The van der Waals surface area contributed by atoms with Crippen LogP contribution in [-0.4, -0.2) is 28.5 Å². The van der Waals surface area contributed by atoms with Crippen molar-refractivity contribution in [2.45, 2.75) is 32.7 Å². The lowest BCUT2D eigenvalue weighted by Crippen LogP contribution is -2.34. The molecule has 16 heavy (non-hydrogen) atoms. The Hall–Kier alpha value is -1.51. The number of rotatable bonds is 1. The van der Waals surface area contributed by atoms with Crippen LogP contribution in [0.1, 0.15) is 35.7 Å². The largest absolute Gasteiger partial charge is 0.508 e. The molecule has 1 unspecified atom stereocenters. The maximum Gasteiger partial charge on any atom is 0.254 e. The Kier molecular flexibility index (Phi) is 2.86. The van der Waals surface area contributed by atoms with Crippen LogP contribution in [0.3, 0.4) is 0 Å². The zero-order chi connectivity index (χ0) is 11.7. The predicted molar refractivity (Wildman–Crippen MR) is 62.6 cm³/mol. The molecular formula is C13H17NO2. The number of phenolic OH excluding ortho intramolecular Hbond substituents is 1. The van der Waals surface area contributed by atoms with Crippen molar-refractivity contribution in [2.24, 2.45) is 0 Å². The highest BCUT2D eigenvalue weighted by Crippen LogP contribution is 2.24. The molecule has 1 atom stereocenters. The highest BCUT2D eigenvalue weighted by Gasteiger charge is 2.27. The van der Waals surface area contributed by atoms with Gasteiger partial charge in [0.1, 0.15) is 5.75 Å². The molecule has 1 heterocycles. The van der Waals surface area contributed by atoms with Gasteiger partial charge >= 0.3 is 0 Å². The van der Waals surface area contributed by atoms with Crippen molar-refractivity contribution in [3.8, 4) is 5.75 Å². The van der Waals surface area contributed by atoms with E-state index in [0.29, 0.717) is 17.2 Å². The number of nitrogens with zero attached hydrogens (tertiary/aromatic N) is 1. The summed E-state index contributed by atoms with van der Waals surface area (Å²) in [5.41, 5.74) is 1.29. The summed E-state index contributed by atoms with van der Waals surface area (Å²) in [4.78, 5) is 14.1. The van der Waals surface area contributed by atoms with Crippen molar-refractivity contribution < 1.29 is 9.90 Å². The van der Waals surface area contributed by atoms with Gasteiger partial charge in [0.15, 0.2) is 0 Å². The second-order valence-corrected chi connectivity index (χ2v) is 4.44. The van der Waals surface area contributed by atoms with Crippen molar-refractivity contribution in [3.63, 3.8) is 0 Å². The smallest absolute Gasteiger partial charge is 0.254 e. The van der Waals surface area contributed by atoms with Crippen LogP contribution in [-0.2, 0) is 0 Å². The van der Waals surface area contributed by atoms with Gasteiger partial charge in [0.25, 0.3) is 5.91 Å². The second-order valence-electron chi connectivity index (χ2n) is 4.44. The van der Waals surface area contributed by atoms with Gasteiger partial charge in [-0.05, 0) is 38.8 Å². The minimum absolute atomic E-state index is 0.0402. The van der Waals surface area contributed by atoms with Crippen LogP contribution in [0, 0.1) is 6.92 Å². The average Bonchev–Trinajstić information content (AvgIpc) is 2.68. The molecule has 0 saturated carbocycles. The lowest BCUT2D eigenvalue weighted by atomic mass is 10.1. The lowest BCUT2D eigenvalue weighted by Gasteiger charge is -2.22. The Morgan fingerprint density at radius 1 is 1.50 bits per heavy atom. The van der Waals surface area contributed by atoms with E-state index in [1.807, 2.05) is 4.90 Å². The molecular weight excluding hydrogens is 202 g/mol. The Bertz CT molecular complexity index is 414. The summed E-state index contributed by atoms with van der Waals surface area (Å²) in [5.74, 6) is 0.233. The SMILES string of the molecule is Cc1c(O)cccc1C(=O)N1CCCC1C. The van der Waals surface area contributed by atoms with Crippen molar-refractivity contribution in [3.05, 3.63) is 29.3 Å². The molecule has 1 aliphatic rings. The maximum atomic E-state index is 12.2. The first kappa shape index (κ1) is 11.0. The van der Waals surface area contributed by atoms with Gasteiger partial charge in [-0.1, -0.05) is 6.07 Å². The number of hydrogen-bond donors (Lipinski definition) is 1. The quantitative estimate of drug-likeness (QED) is 0.787. The summed E-state index contributed by atoms with van der Waals surface area (Å²) >= 11 is 0. The van der Waals surface area contributed by atoms with Gasteiger partial charge in [-0.25, -0.2) is 0 Å². The number of phenols is 1. The summed E-state index contributed by atoms with van der Waals surface area (Å²) in [7, 11) is 0. The molecule has 2 rings (SSSR count). The molecule has 1 aliphatic heterocycles. The predicted octanol–water partition coefficient (Wildman–Crippen LogP) is 2.33. The molecule has 3 nitrogen and oxygen atoms in total. The standard InChI is InChI=1S/C13H17NO2/c1-9-5-4-8-14(9)13(16)11-6-3-7-12(15)10(11)2/h3,6-7,9,15H,4-5,8H2,1-2H3. The van der Waals surface area contributed by atoms with E-state index in [-0.39, 0.29) is 11.7 Å². The Balaban J connectivity index is 2.30. The van der Waals surface area contributed by atoms with E-state index in [4.69, 9.17) is 0 Å². The minimum atomic E-state index is 0.0402. The van der Waals surface area contributed by atoms with Crippen LogP contribution >= 0.6 is 0 Å². The zero-order valence-electron chi connectivity index (χ0n) is 9.73. The first-order chi connectivity index (χ1) is 7.61. The summed E-state index contributed by atoms with van der Waals surface area (Å²) in [6.07, 6.45) is 2.15. The number of amides is 1. The molecule has 1 saturated heterocycles. The van der Waals surface area contributed by atoms with Crippen molar-refractivity contribution in [1.29, 1.82) is 0 Å². The van der Waals surface area contributed by atoms with Gasteiger partial charge < -0.3 is 10.0 Å². The Morgan fingerprint density at radius 2 is 2.25 bits per heavy atom. The number of likely N-dealkylation sites (tertiary alicyclic amines) is 1. The number of carbonyl (C=O) groups is 1. The van der Waals surface area contributed by atoms with Crippen LogP contribution in [0.4, 0.5) is 0 Å². The fourth-order valence-corrected chi connectivity index (χ4v) is 2.24. The van der Waals surface area contributed by atoms with Gasteiger partial charge in [0, 0.05) is 23.7 Å². The third kappa shape index (κ3) is 1.77. The summed E-state index contributed by atoms with van der Waals surface area (Å²) in [6, 6.07) is 5.42. The van der Waals surface area contributed by atoms with Crippen LogP contribution in [0.25, 0.3) is 0 Å². The first-order valence-corrected chi connectivity index (χ1v) is 5.71. The maximum absolute atomic E-state index is 12.2. The third-order valence-corrected chi connectivity index (χ3v) is 3.35. The normalized spacial score (nSPS) is 20.1. The summed E-state index contributed by atoms with van der Waals surface area (Å²) in [6.45, 7) is 4.68. The van der Waals surface area contributed by atoms with Gasteiger partial charge in [0.2, 0.25) is 0 Å². The third-order valence-electron chi connectivity index (χ3n) is 3.35. The monoisotopic (exact) mass is 219 g/mol.